The molecule has 0 radical (unpaired) electrons. The van der Waals surface area contributed by atoms with E-state index in [0.717, 1.165) is 0 Å². The standard InChI is InChI=1S/C16H17N3O3S2/c1-3-19-15(21)14-11(6-8-23-14)18-16(19)24-9-13(20)17-10(2)12-5-4-7-22-12/h4-8,10H,3,9H2,1-2H3,(H,17,20)/t10-/m1/s1. The molecule has 0 aliphatic carbocycles. The van der Waals surface area contributed by atoms with Crippen LogP contribution in [0.25, 0.3) is 10.2 Å². The van der Waals surface area contributed by atoms with E-state index in [1.54, 1.807) is 16.9 Å². The monoisotopic (exact) mass is 363 g/mol. The van der Waals surface area contributed by atoms with E-state index in [9.17, 15) is 9.59 Å². The molecule has 1 amide bonds. The van der Waals surface area contributed by atoms with Crippen LogP contribution in [0.1, 0.15) is 25.6 Å². The van der Waals surface area contributed by atoms with Crippen molar-refractivity contribution in [3.05, 3.63) is 46.0 Å². The summed E-state index contributed by atoms with van der Waals surface area (Å²) in [5, 5.41) is 5.29. The number of nitrogens with zero attached hydrogens (tertiary/aromatic N) is 2. The van der Waals surface area contributed by atoms with E-state index in [-0.39, 0.29) is 23.3 Å². The molecule has 0 aliphatic heterocycles. The Bertz CT molecular complexity index is 899. The SMILES string of the molecule is CCn1c(SCC(=O)N[C@H](C)c2ccco2)nc2ccsc2c1=O. The minimum absolute atomic E-state index is 0.0515. The van der Waals surface area contributed by atoms with Crippen LogP contribution in [-0.2, 0) is 11.3 Å². The van der Waals surface area contributed by atoms with Gasteiger partial charge in [-0.25, -0.2) is 4.98 Å². The molecular formula is C16H17N3O3S2. The fourth-order valence-electron chi connectivity index (χ4n) is 2.33. The highest BCUT2D eigenvalue weighted by Crippen LogP contribution is 2.21. The quantitative estimate of drug-likeness (QED) is 0.538. The molecule has 0 spiro atoms. The molecule has 1 N–H and O–H groups in total. The van der Waals surface area contributed by atoms with Gasteiger partial charge in [-0.2, -0.15) is 0 Å². The molecule has 8 heteroatoms. The first kappa shape index (κ1) is 16.8. The number of nitrogens with one attached hydrogen (secondary N) is 1. The Morgan fingerprint density at radius 1 is 1.50 bits per heavy atom. The first-order valence-corrected chi connectivity index (χ1v) is 9.40. The summed E-state index contributed by atoms with van der Waals surface area (Å²) in [6.45, 7) is 4.27. The molecule has 3 heterocycles. The fraction of sp³-hybridized carbons (Fsp3) is 0.312. The van der Waals surface area contributed by atoms with E-state index in [4.69, 9.17) is 4.42 Å². The first-order chi connectivity index (χ1) is 11.6. The van der Waals surface area contributed by atoms with E-state index in [2.05, 4.69) is 10.3 Å². The van der Waals surface area contributed by atoms with Gasteiger partial charge in [0.15, 0.2) is 5.16 Å². The second kappa shape index (κ2) is 7.23. The summed E-state index contributed by atoms with van der Waals surface area (Å²) in [5.41, 5.74) is 0.630. The van der Waals surface area contributed by atoms with E-state index < -0.39 is 0 Å². The third-order valence-corrected chi connectivity index (χ3v) is 5.39. The summed E-state index contributed by atoms with van der Waals surface area (Å²) in [4.78, 5) is 29.1. The minimum atomic E-state index is -0.200. The Kier molecular flexibility index (Phi) is 5.06. The van der Waals surface area contributed by atoms with Crippen molar-refractivity contribution in [3.8, 4) is 0 Å². The molecule has 0 aliphatic rings. The number of hydrogen-bond acceptors (Lipinski definition) is 6. The molecule has 0 unspecified atom stereocenters. The van der Waals surface area contributed by atoms with Gasteiger partial charge in [0.05, 0.1) is 23.6 Å². The third kappa shape index (κ3) is 3.39. The number of carbonyl (C=O) groups excluding carboxylic acids is 1. The van der Waals surface area contributed by atoms with Crippen LogP contribution in [0.5, 0.6) is 0 Å². The summed E-state index contributed by atoms with van der Waals surface area (Å²) >= 11 is 2.65. The molecule has 0 bridgehead atoms. The molecule has 3 aromatic rings. The topological polar surface area (TPSA) is 77.1 Å². The number of carbonyl (C=O) groups is 1. The van der Waals surface area contributed by atoms with Gasteiger partial charge in [-0.3, -0.25) is 14.2 Å². The van der Waals surface area contributed by atoms with Crippen LogP contribution >= 0.6 is 23.1 Å². The Morgan fingerprint density at radius 2 is 2.33 bits per heavy atom. The maximum absolute atomic E-state index is 12.4. The maximum Gasteiger partial charge on any atom is 0.272 e. The zero-order valence-corrected chi connectivity index (χ0v) is 14.9. The first-order valence-electron chi connectivity index (χ1n) is 7.53. The second-order valence-electron chi connectivity index (χ2n) is 5.17. The van der Waals surface area contributed by atoms with Gasteiger partial charge in [0.2, 0.25) is 5.91 Å². The molecule has 126 valence electrons. The van der Waals surface area contributed by atoms with Crippen LogP contribution in [-0.4, -0.2) is 21.2 Å². The van der Waals surface area contributed by atoms with Crippen LogP contribution in [0.3, 0.4) is 0 Å². The molecule has 0 saturated carbocycles. The summed E-state index contributed by atoms with van der Waals surface area (Å²) in [5.74, 6) is 0.760. The Labute approximate surface area is 146 Å². The largest absolute Gasteiger partial charge is 0.467 e. The van der Waals surface area contributed by atoms with Crippen molar-refractivity contribution in [2.24, 2.45) is 0 Å². The maximum atomic E-state index is 12.4. The predicted octanol–water partition coefficient (Wildman–Crippen LogP) is 3.04. The Balaban J connectivity index is 1.71. The van der Waals surface area contributed by atoms with Gasteiger partial charge in [-0.05, 0) is 37.4 Å². The second-order valence-corrected chi connectivity index (χ2v) is 7.03. The zero-order chi connectivity index (χ0) is 17.1. The Morgan fingerprint density at radius 3 is 3.04 bits per heavy atom. The lowest BCUT2D eigenvalue weighted by molar-refractivity contribution is -0.119. The van der Waals surface area contributed by atoms with E-state index in [1.165, 1.54) is 23.1 Å². The summed E-state index contributed by atoms with van der Waals surface area (Å²) in [6.07, 6.45) is 1.58. The van der Waals surface area contributed by atoms with Crippen molar-refractivity contribution < 1.29 is 9.21 Å². The van der Waals surface area contributed by atoms with Crippen molar-refractivity contribution in [1.29, 1.82) is 0 Å². The molecule has 0 aromatic carbocycles. The van der Waals surface area contributed by atoms with Crippen LogP contribution in [0.4, 0.5) is 0 Å². The normalized spacial score (nSPS) is 12.4. The number of thiophene rings is 1. The minimum Gasteiger partial charge on any atom is -0.467 e. The smallest absolute Gasteiger partial charge is 0.272 e. The molecule has 0 saturated heterocycles. The number of amides is 1. The number of rotatable bonds is 6. The Hall–Kier alpha value is -2.06. The van der Waals surface area contributed by atoms with Gasteiger partial charge in [0.1, 0.15) is 10.5 Å². The van der Waals surface area contributed by atoms with E-state index in [1.807, 2.05) is 31.4 Å². The van der Waals surface area contributed by atoms with Crippen molar-refractivity contribution in [2.45, 2.75) is 31.6 Å². The number of thioether (sulfide) groups is 1. The van der Waals surface area contributed by atoms with Crippen molar-refractivity contribution in [2.75, 3.05) is 5.75 Å². The highest BCUT2D eigenvalue weighted by atomic mass is 32.2. The number of hydrogen-bond donors (Lipinski definition) is 1. The van der Waals surface area contributed by atoms with Crippen molar-refractivity contribution >= 4 is 39.2 Å². The van der Waals surface area contributed by atoms with Gasteiger partial charge in [0, 0.05) is 6.54 Å². The molecule has 6 nitrogen and oxygen atoms in total. The summed E-state index contributed by atoms with van der Waals surface area (Å²) in [7, 11) is 0. The lowest BCUT2D eigenvalue weighted by atomic mass is 10.2. The molecule has 3 aromatic heterocycles. The zero-order valence-electron chi connectivity index (χ0n) is 13.3. The molecule has 0 fully saturated rings. The summed E-state index contributed by atoms with van der Waals surface area (Å²) in [6, 6.07) is 5.23. The van der Waals surface area contributed by atoms with Crippen LogP contribution in [0.2, 0.25) is 0 Å². The lowest BCUT2D eigenvalue weighted by Gasteiger charge is -2.12. The molecular weight excluding hydrogens is 346 g/mol. The number of fused-ring (bicyclic) bond motifs is 1. The molecule has 1 atom stereocenters. The van der Waals surface area contributed by atoms with Crippen molar-refractivity contribution in [3.63, 3.8) is 0 Å². The highest BCUT2D eigenvalue weighted by Gasteiger charge is 2.15. The van der Waals surface area contributed by atoms with Crippen LogP contribution < -0.4 is 10.9 Å². The van der Waals surface area contributed by atoms with Crippen molar-refractivity contribution in [1.82, 2.24) is 14.9 Å². The third-order valence-electron chi connectivity index (χ3n) is 3.53. The van der Waals surface area contributed by atoms with Gasteiger partial charge in [-0.15, -0.1) is 11.3 Å². The summed E-state index contributed by atoms with van der Waals surface area (Å²) < 4.78 is 7.53. The van der Waals surface area contributed by atoms with E-state index in [0.29, 0.717) is 27.7 Å². The van der Waals surface area contributed by atoms with E-state index >= 15 is 0 Å². The molecule has 3 rings (SSSR count). The predicted molar refractivity (Wildman–Crippen MR) is 95.5 cm³/mol. The van der Waals surface area contributed by atoms with Gasteiger partial charge < -0.3 is 9.73 Å². The van der Waals surface area contributed by atoms with Crippen LogP contribution in [0.15, 0.2) is 44.2 Å². The van der Waals surface area contributed by atoms with Gasteiger partial charge in [0.25, 0.3) is 5.56 Å². The lowest BCUT2D eigenvalue weighted by Crippen LogP contribution is -2.28. The number of furan rings is 1. The average molecular weight is 363 g/mol. The average Bonchev–Trinajstić information content (AvgIpc) is 3.24. The molecule has 24 heavy (non-hydrogen) atoms. The number of aromatic nitrogens is 2. The fourth-order valence-corrected chi connectivity index (χ4v) is 3.99. The highest BCUT2D eigenvalue weighted by molar-refractivity contribution is 7.99. The van der Waals surface area contributed by atoms with Gasteiger partial charge >= 0.3 is 0 Å². The van der Waals surface area contributed by atoms with Crippen LogP contribution in [0, 0.1) is 0 Å². The van der Waals surface area contributed by atoms with Gasteiger partial charge in [-0.1, -0.05) is 11.8 Å².